The Bertz CT molecular complexity index is 1240. The van der Waals surface area contributed by atoms with Gasteiger partial charge >= 0.3 is 0 Å². The predicted molar refractivity (Wildman–Crippen MR) is 114 cm³/mol. The molecule has 8 nitrogen and oxygen atoms in total. The Labute approximate surface area is 174 Å². The number of nitrogens with zero attached hydrogens (tertiary/aromatic N) is 6. The summed E-state index contributed by atoms with van der Waals surface area (Å²) < 4.78 is 10.3. The third-order valence-corrected chi connectivity index (χ3v) is 5.45. The summed E-state index contributed by atoms with van der Waals surface area (Å²) in [5, 5.41) is 4.55. The number of hydrogen-bond donors (Lipinski definition) is 1. The molecule has 0 fully saturated rings. The first-order valence-corrected chi connectivity index (χ1v) is 10.0. The molecule has 0 saturated carbocycles. The fraction of sp³-hybridized carbons (Fsp3) is 0.273. The number of nitrogen functional groups attached to an aromatic ring is 1. The van der Waals surface area contributed by atoms with Crippen LogP contribution in [0.4, 0.5) is 5.82 Å². The highest BCUT2D eigenvalue weighted by atomic mass is 16.5. The molecule has 1 aliphatic heterocycles. The lowest BCUT2D eigenvalue weighted by Crippen LogP contribution is -2.13. The van der Waals surface area contributed by atoms with Gasteiger partial charge in [-0.25, -0.2) is 15.0 Å². The van der Waals surface area contributed by atoms with Gasteiger partial charge in [-0.1, -0.05) is 23.8 Å². The Morgan fingerprint density at radius 3 is 2.93 bits per heavy atom. The molecule has 0 aliphatic carbocycles. The van der Waals surface area contributed by atoms with Crippen molar-refractivity contribution in [3.8, 4) is 28.7 Å². The van der Waals surface area contributed by atoms with Crippen molar-refractivity contribution in [2.45, 2.75) is 40.0 Å². The molecule has 1 aromatic carbocycles. The molecule has 0 spiro atoms. The fourth-order valence-electron chi connectivity index (χ4n) is 3.98. The third-order valence-electron chi connectivity index (χ3n) is 5.45. The Kier molecular flexibility index (Phi) is 4.27. The number of aryl methyl sites for hydroxylation is 2. The van der Waals surface area contributed by atoms with Gasteiger partial charge in [0, 0.05) is 35.6 Å². The Morgan fingerprint density at radius 2 is 2.10 bits per heavy atom. The average Bonchev–Trinajstić information content (AvgIpc) is 3.36. The van der Waals surface area contributed by atoms with E-state index in [0.717, 1.165) is 33.8 Å². The molecule has 30 heavy (non-hydrogen) atoms. The molecule has 0 amide bonds. The van der Waals surface area contributed by atoms with Crippen LogP contribution in [0, 0.1) is 6.92 Å². The van der Waals surface area contributed by atoms with Crippen LogP contribution in [0.5, 0.6) is 5.88 Å². The van der Waals surface area contributed by atoms with E-state index in [2.05, 4.69) is 51.7 Å². The van der Waals surface area contributed by atoms with Gasteiger partial charge in [-0.05, 0) is 20.8 Å². The highest BCUT2D eigenvalue weighted by molar-refractivity contribution is 5.65. The Morgan fingerprint density at radius 1 is 1.23 bits per heavy atom. The van der Waals surface area contributed by atoms with E-state index in [1.165, 1.54) is 0 Å². The van der Waals surface area contributed by atoms with Gasteiger partial charge in [0.25, 0.3) is 5.88 Å². The Balaban J connectivity index is 1.79. The molecular formula is C22H23N7O. The molecule has 3 aromatic heterocycles. The van der Waals surface area contributed by atoms with Crippen molar-refractivity contribution in [2.24, 2.45) is 0 Å². The molecule has 0 radical (unpaired) electrons. The molecule has 4 heterocycles. The third kappa shape index (κ3) is 2.92. The zero-order valence-electron chi connectivity index (χ0n) is 17.2. The van der Waals surface area contributed by atoms with E-state index in [1.807, 2.05) is 30.2 Å². The van der Waals surface area contributed by atoms with E-state index in [4.69, 9.17) is 15.5 Å². The minimum atomic E-state index is -0.285. The topological polar surface area (TPSA) is 96.7 Å². The first-order chi connectivity index (χ1) is 14.5. The summed E-state index contributed by atoms with van der Waals surface area (Å²) in [7, 11) is 0. The molecule has 2 N–H and O–H groups in total. The van der Waals surface area contributed by atoms with Crippen LogP contribution < -0.4 is 10.5 Å². The maximum absolute atomic E-state index is 6.23. The minimum Gasteiger partial charge on any atom is -0.467 e. The zero-order chi connectivity index (χ0) is 20.8. The molecule has 4 aromatic rings. The lowest BCUT2D eigenvalue weighted by Gasteiger charge is -2.21. The number of rotatable bonds is 1. The highest BCUT2D eigenvalue weighted by Gasteiger charge is 2.23. The van der Waals surface area contributed by atoms with E-state index in [-0.39, 0.29) is 11.9 Å². The number of hydrogen-bond acceptors (Lipinski definition) is 6. The van der Waals surface area contributed by atoms with Gasteiger partial charge < -0.3 is 15.0 Å². The van der Waals surface area contributed by atoms with Crippen LogP contribution in [-0.2, 0) is 13.1 Å². The van der Waals surface area contributed by atoms with Crippen molar-refractivity contribution >= 4 is 5.82 Å². The van der Waals surface area contributed by atoms with Crippen molar-refractivity contribution < 1.29 is 4.74 Å². The number of fused-ring (bicyclic) bond motifs is 7. The van der Waals surface area contributed by atoms with Crippen LogP contribution in [0.3, 0.4) is 0 Å². The van der Waals surface area contributed by atoms with E-state index in [9.17, 15) is 0 Å². The zero-order valence-corrected chi connectivity index (χ0v) is 17.2. The predicted octanol–water partition coefficient (Wildman–Crippen LogP) is 3.62. The molecular weight excluding hydrogens is 378 g/mol. The number of nitrogens with two attached hydrogens (primary N) is 1. The first kappa shape index (κ1) is 18.4. The number of benzene rings is 1. The van der Waals surface area contributed by atoms with Crippen molar-refractivity contribution in [3.63, 3.8) is 0 Å². The van der Waals surface area contributed by atoms with Gasteiger partial charge in [0.05, 0.1) is 24.6 Å². The van der Waals surface area contributed by atoms with Crippen LogP contribution in [0.25, 0.3) is 22.8 Å². The standard InChI is InChI=1S/C22H23N7O/c1-4-29-19-15(10-26-29)12-28-8-7-24-21(28)16-6-5-13(2)9-17(16)14(3)30-22-20(23)25-11-18(19)27-22/h5-11,14H,4,12H2,1-3H3,(H2,23,25). The van der Waals surface area contributed by atoms with E-state index in [0.29, 0.717) is 24.7 Å². The van der Waals surface area contributed by atoms with Crippen LogP contribution >= 0.6 is 0 Å². The quantitative estimate of drug-likeness (QED) is 0.523. The SMILES string of the molecule is CCn1ncc2c1-c1cnc(N)c(n1)OC(C)c1cc(C)ccc1-c1nccn1C2. The minimum absolute atomic E-state index is 0.266. The second-order valence-electron chi connectivity index (χ2n) is 7.51. The van der Waals surface area contributed by atoms with Crippen molar-refractivity contribution in [3.05, 3.63) is 59.7 Å². The second-order valence-corrected chi connectivity index (χ2v) is 7.51. The van der Waals surface area contributed by atoms with E-state index < -0.39 is 0 Å². The van der Waals surface area contributed by atoms with Gasteiger partial charge in [0.2, 0.25) is 0 Å². The molecule has 1 atom stereocenters. The van der Waals surface area contributed by atoms with Gasteiger partial charge in [-0.15, -0.1) is 0 Å². The molecule has 1 unspecified atom stereocenters. The second kappa shape index (κ2) is 6.98. The Hall–Kier alpha value is -3.68. The smallest absolute Gasteiger partial charge is 0.258 e. The molecule has 5 rings (SSSR count). The molecule has 0 saturated heterocycles. The van der Waals surface area contributed by atoms with Crippen molar-refractivity contribution in [2.75, 3.05) is 5.73 Å². The van der Waals surface area contributed by atoms with Crippen LogP contribution in [-0.4, -0.2) is 29.3 Å². The lowest BCUT2D eigenvalue weighted by molar-refractivity contribution is 0.219. The number of aromatic nitrogens is 6. The summed E-state index contributed by atoms with van der Waals surface area (Å²) in [5.74, 6) is 1.48. The van der Waals surface area contributed by atoms with Gasteiger partial charge in [0.15, 0.2) is 5.82 Å². The van der Waals surface area contributed by atoms with Crippen molar-refractivity contribution in [1.82, 2.24) is 29.3 Å². The maximum Gasteiger partial charge on any atom is 0.258 e. The van der Waals surface area contributed by atoms with E-state index >= 15 is 0 Å². The number of anilines is 1. The van der Waals surface area contributed by atoms with Gasteiger partial charge in [-0.2, -0.15) is 5.10 Å². The summed E-state index contributed by atoms with van der Waals surface area (Å²) in [5.41, 5.74) is 11.9. The summed E-state index contributed by atoms with van der Waals surface area (Å²) >= 11 is 0. The first-order valence-electron chi connectivity index (χ1n) is 10.0. The van der Waals surface area contributed by atoms with Crippen molar-refractivity contribution in [1.29, 1.82) is 0 Å². The summed E-state index contributed by atoms with van der Waals surface area (Å²) in [6, 6.07) is 6.31. The molecule has 8 heteroatoms. The van der Waals surface area contributed by atoms with Crippen LogP contribution in [0.2, 0.25) is 0 Å². The average molecular weight is 401 g/mol. The summed E-state index contributed by atoms with van der Waals surface area (Å²) in [6.07, 6.45) is 7.09. The molecule has 1 aliphatic rings. The summed E-state index contributed by atoms with van der Waals surface area (Å²) in [4.78, 5) is 13.7. The van der Waals surface area contributed by atoms with Gasteiger partial charge in [0.1, 0.15) is 17.6 Å². The van der Waals surface area contributed by atoms with E-state index in [1.54, 1.807) is 6.20 Å². The van der Waals surface area contributed by atoms with Gasteiger partial charge in [-0.3, -0.25) is 4.68 Å². The number of ether oxygens (including phenoxy) is 1. The lowest BCUT2D eigenvalue weighted by atomic mass is 9.99. The molecule has 152 valence electrons. The monoisotopic (exact) mass is 401 g/mol. The highest BCUT2D eigenvalue weighted by Crippen LogP contribution is 2.35. The molecule has 2 bridgehead atoms. The largest absolute Gasteiger partial charge is 0.467 e. The van der Waals surface area contributed by atoms with Crippen LogP contribution in [0.15, 0.2) is 43.0 Å². The normalized spacial score (nSPS) is 15.2. The van der Waals surface area contributed by atoms with Crippen LogP contribution in [0.1, 0.15) is 36.6 Å². The summed E-state index contributed by atoms with van der Waals surface area (Å²) in [6.45, 7) is 7.44. The number of imidazole rings is 1. The maximum atomic E-state index is 6.23. The fourth-order valence-corrected chi connectivity index (χ4v) is 3.98.